The highest BCUT2D eigenvalue weighted by Gasteiger charge is 2.12. The number of rotatable bonds is 2. The Labute approximate surface area is 132 Å². The number of aryl methyl sites for hydroxylation is 2. The van der Waals surface area contributed by atoms with Crippen LogP contribution in [0.3, 0.4) is 0 Å². The number of aromatic nitrogens is 2. The number of nitrogens with zero attached hydrogens (tertiary/aromatic N) is 1. The summed E-state index contributed by atoms with van der Waals surface area (Å²) < 4.78 is 0. The Hall–Kier alpha value is -2.40. The summed E-state index contributed by atoms with van der Waals surface area (Å²) in [5.41, 5.74) is 3.72. The molecule has 0 aliphatic carbocycles. The van der Waals surface area contributed by atoms with Crippen molar-refractivity contribution in [2.45, 2.75) is 13.8 Å². The largest absolute Gasteiger partial charge is 0.310 e. The summed E-state index contributed by atoms with van der Waals surface area (Å²) in [5.74, 6) is 0.586. The van der Waals surface area contributed by atoms with E-state index in [-0.39, 0.29) is 10.7 Å². The Morgan fingerprint density at radius 2 is 1.77 bits per heavy atom. The van der Waals surface area contributed by atoms with E-state index in [9.17, 15) is 9.59 Å². The summed E-state index contributed by atoms with van der Waals surface area (Å²) in [4.78, 5) is 30.8. The van der Waals surface area contributed by atoms with Gasteiger partial charge < -0.3 is 4.98 Å². The molecule has 0 bridgehead atoms. The standard InChI is InChI=1S/C17H14N2O2S/c1-9-3-8-13-15(16(20)19-10(2)18-13)14(9)11-4-6-12(7-5-11)17(21)22/h3-8H,1-2H3,(H,21,22)(H,18,19,20). The molecule has 110 valence electrons. The van der Waals surface area contributed by atoms with Gasteiger partial charge in [0.15, 0.2) is 0 Å². The van der Waals surface area contributed by atoms with Gasteiger partial charge in [-0.05, 0) is 48.7 Å². The number of nitrogens with one attached hydrogen (secondary N) is 1. The van der Waals surface area contributed by atoms with Crippen molar-refractivity contribution in [3.8, 4) is 11.1 Å². The minimum absolute atomic E-state index is 0.157. The van der Waals surface area contributed by atoms with Crippen LogP contribution in [0.25, 0.3) is 22.0 Å². The van der Waals surface area contributed by atoms with Gasteiger partial charge in [0.1, 0.15) is 5.82 Å². The summed E-state index contributed by atoms with van der Waals surface area (Å²) in [6.45, 7) is 3.71. The fraction of sp³-hybridized carbons (Fsp3) is 0.118. The van der Waals surface area contributed by atoms with Crippen molar-refractivity contribution in [1.29, 1.82) is 0 Å². The minimum Gasteiger partial charge on any atom is -0.310 e. The van der Waals surface area contributed by atoms with Crippen molar-refractivity contribution in [3.63, 3.8) is 0 Å². The first-order chi connectivity index (χ1) is 10.5. The van der Waals surface area contributed by atoms with Crippen molar-refractivity contribution >= 4 is 28.6 Å². The molecule has 22 heavy (non-hydrogen) atoms. The second-order valence-corrected chi connectivity index (χ2v) is 5.59. The van der Waals surface area contributed by atoms with Crippen LogP contribution in [0.15, 0.2) is 41.2 Å². The molecule has 0 amide bonds. The molecule has 0 fully saturated rings. The van der Waals surface area contributed by atoms with Crippen LogP contribution in [0.5, 0.6) is 0 Å². The van der Waals surface area contributed by atoms with Gasteiger partial charge in [0.05, 0.1) is 10.9 Å². The third-order valence-electron chi connectivity index (χ3n) is 3.62. The summed E-state index contributed by atoms with van der Waals surface area (Å²) in [7, 11) is 0. The van der Waals surface area contributed by atoms with E-state index < -0.39 is 0 Å². The molecule has 0 unspecified atom stereocenters. The van der Waals surface area contributed by atoms with Gasteiger partial charge in [-0.1, -0.05) is 18.2 Å². The zero-order valence-electron chi connectivity index (χ0n) is 12.2. The fourth-order valence-electron chi connectivity index (χ4n) is 2.61. The Bertz CT molecular complexity index is 943. The van der Waals surface area contributed by atoms with Crippen molar-refractivity contribution in [2.75, 3.05) is 0 Å². The molecule has 0 saturated carbocycles. The number of thiol groups is 1. The minimum atomic E-state index is -0.281. The van der Waals surface area contributed by atoms with E-state index in [1.165, 1.54) is 0 Å². The number of carbonyl (C=O) groups excluding carboxylic acids is 1. The SMILES string of the molecule is Cc1nc2ccc(C)c(-c3ccc(C(=O)S)cc3)c2c(=O)[nH]1. The Morgan fingerprint density at radius 1 is 1.09 bits per heavy atom. The van der Waals surface area contributed by atoms with E-state index in [2.05, 4.69) is 22.6 Å². The molecular weight excluding hydrogens is 296 g/mol. The predicted molar refractivity (Wildman–Crippen MR) is 90.6 cm³/mol. The van der Waals surface area contributed by atoms with E-state index in [4.69, 9.17) is 0 Å². The Balaban J connectivity index is 2.32. The molecule has 5 heteroatoms. The first-order valence-corrected chi connectivity index (χ1v) is 7.26. The molecule has 4 nitrogen and oxygen atoms in total. The number of benzene rings is 2. The van der Waals surface area contributed by atoms with Crippen LogP contribution in [0.4, 0.5) is 0 Å². The van der Waals surface area contributed by atoms with Gasteiger partial charge in [-0.3, -0.25) is 9.59 Å². The van der Waals surface area contributed by atoms with Crippen LogP contribution in [0.2, 0.25) is 0 Å². The van der Waals surface area contributed by atoms with Crippen LogP contribution >= 0.6 is 12.6 Å². The lowest BCUT2D eigenvalue weighted by Crippen LogP contribution is -2.11. The zero-order valence-corrected chi connectivity index (χ0v) is 13.1. The van der Waals surface area contributed by atoms with Gasteiger partial charge in [0.2, 0.25) is 5.12 Å². The Morgan fingerprint density at radius 3 is 2.41 bits per heavy atom. The monoisotopic (exact) mass is 310 g/mol. The van der Waals surface area contributed by atoms with Crippen molar-refractivity contribution in [2.24, 2.45) is 0 Å². The Kier molecular flexibility index (Phi) is 3.58. The van der Waals surface area contributed by atoms with Crippen LogP contribution in [-0.2, 0) is 0 Å². The highest BCUT2D eigenvalue weighted by atomic mass is 32.1. The molecule has 0 aliphatic rings. The highest BCUT2D eigenvalue weighted by molar-refractivity contribution is 7.97. The molecule has 1 aromatic heterocycles. The molecule has 0 radical (unpaired) electrons. The number of aromatic amines is 1. The molecule has 0 saturated heterocycles. The normalized spacial score (nSPS) is 10.9. The average molecular weight is 310 g/mol. The van der Waals surface area contributed by atoms with Gasteiger partial charge >= 0.3 is 0 Å². The molecule has 0 spiro atoms. The molecule has 1 N–H and O–H groups in total. The van der Waals surface area contributed by atoms with E-state index in [1.807, 2.05) is 31.2 Å². The topological polar surface area (TPSA) is 62.8 Å². The lowest BCUT2D eigenvalue weighted by Gasteiger charge is -2.10. The molecular formula is C17H14N2O2S. The van der Waals surface area contributed by atoms with Crippen molar-refractivity contribution < 1.29 is 4.79 Å². The first kappa shape index (κ1) is 14.5. The average Bonchev–Trinajstić information content (AvgIpc) is 2.48. The zero-order chi connectivity index (χ0) is 15.9. The smallest absolute Gasteiger partial charge is 0.259 e. The summed E-state index contributed by atoms with van der Waals surface area (Å²) in [5, 5.41) is 0.284. The number of hydrogen-bond donors (Lipinski definition) is 2. The van der Waals surface area contributed by atoms with Crippen molar-refractivity contribution in [3.05, 3.63) is 63.7 Å². The molecule has 3 aromatic rings. The maximum absolute atomic E-state index is 12.4. The van der Waals surface area contributed by atoms with E-state index in [0.29, 0.717) is 22.3 Å². The first-order valence-electron chi connectivity index (χ1n) is 6.81. The maximum Gasteiger partial charge on any atom is 0.259 e. The number of carbonyl (C=O) groups is 1. The summed E-state index contributed by atoms with van der Waals surface area (Å²) >= 11 is 3.81. The van der Waals surface area contributed by atoms with Crippen LogP contribution < -0.4 is 5.56 Å². The molecule has 0 atom stereocenters. The van der Waals surface area contributed by atoms with Crippen molar-refractivity contribution in [1.82, 2.24) is 9.97 Å². The third kappa shape index (κ3) is 2.44. The quantitative estimate of drug-likeness (QED) is 0.714. The number of fused-ring (bicyclic) bond motifs is 1. The number of H-pyrrole nitrogens is 1. The van der Waals surface area contributed by atoms with Crippen LogP contribution in [0, 0.1) is 13.8 Å². The molecule has 2 aromatic carbocycles. The van der Waals surface area contributed by atoms with Crippen LogP contribution in [0.1, 0.15) is 21.7 Å². The third-order valence-corrected chi connectivity index (χ3v) is 3.88. The molecule has 0 aliphatic heterocycles. The lowest BCUT2D eigenvalue weighted by molar-refractivity contribution is 0.109. The second kappa shape index (κ2) is 5.42. The van der Waals surface area contributed by atoms with Gasteiger partial charge in [0, 0.05) is 5.56 Å². The summed E-state index contributed by atoms with van der Waals surface area (Å²) in [6.07, 6.45) is 0. The van der Waals surface area contributed by atoms with Gasteiger partial charge in [-0.2, -0.15) is 0 Å². The van der Waals surface area contributed by atoms with Crippen LogP contribution in [-0.4, -0.2) is 15.1 Å². The highest BCUT2D eigenvalue weighted by Crippen LogP contribution is 2.29. The lowest BCUT2D eigenvalue weighted by atomic mass is 9.96. The molecule has 3 rings (SSSR count). The number of hydrogen-bond acceptors (Lipinski definition) is 3. The second-order valence-electron chi connectivity index (χ2n) is 5.19. The van der Waals surface area contributed by atoms with Gasteiger partial charge in [-0.25, -0.2) is 4.98 Å². The van der Waals surface area contributed by atoms with E-state index in [1.54, 1.807) is 19.1 Å². The van der Waals surface area contributed by atoms with Gasteiger partial charge in [-0.15, -0.1) is 12.6 Å². The molecule has 1 heterocycles. The van der Waals surface area contributed by atoms with E-state index >= 15 is 0 Å². The predicted octanol–water partition coefficient (Wildman–Crippen LogP) is 3.28. The van der Waals surface area contributed by atoms with E-state index in [0.717, 1.165) is 16.7 Å². The summed E-state index contributed by atoms with van der Waals surface area (Å²) in [6, 6.07) is 10.9. The fourth-order valence-corrected chi connectivity index (χ4v) is 2.75. The maximum atomic E-state index is 12.4. The van der Waals surface area contributed by atoms with Gasteiger partial charge in [0.25, 0.3) is 5.56 Å².